The number of carbonyl (C=O) groups is 3. The number of anilines is 1. The van der Waals surface area contributed by atoms with Crippen molar-refractivity contribution in [1.29, 1.82) is 0 Å². The highest BCUT2D eigenvalue weighted by molar-refractivity contribution is 5.97. The SMILES string of the molecule is CCOC(=O)C(C)NC(=O)c1ccc(NC(=O)CN)cc1. The summed E-state index contributed by atoms with van der Waals surface area (Å²) in [6.45, 7) is 3.39. The smallest absolute Gasteiger partial charge is 0.328 e. The fourth-order valence-corrected chi connectivity index (χ4v) is 1.52. The van der Waals surface area contributed by atoms with Gasteiger partial charge in [0.25, 0.3) is 5.91 Å². The molecule has 4 N–H and O–H groups in total. The Balaban J connectivity index is 2.63. The molecule has 0 heterocycles. The molecule has 1 atom stereocenters. The highest BCUT2D eigenvalue weighted by atomic mass is 16.5. The molecule has 21 heavy (non-hydrogen) atoms. The fraction of sp³-hybridized carbons (Fsp3) is 0.357. The fourth-order valence-electron chi connectivity index (χ4n) is 1.52. The maximum absolute atomic E-state index is 11.9. The van der Waals surface area contributed by atoms with Crippen molar-refractivity contribution in [2.75, 3.05) is 18.5 Å². The minimum atomic E-state index is -0.728. The number of carbonyl (C=O) groups excluding carboxylic acids is 3. The summed E-state index contributed by atoms with van der Waals surface area (Å²) in [5.74, 6) is -1.20. The molecule has 7 nitrogen and oxygen atoms in total. The van der Waals surface area contributed by atoms with Crippen molar-refractivity contribution in [3.05, 3.63) is 29.8 Å². The number of rotatable bonds is 6. The summed E-state index contributed by atoms with van der Waals surface area (Å²) in [4.78, 5) is 34.5. The predicted octanol–water partition coefficient (Wildman–Crippen LogP) is 0.265. The molecule has 7 heteroatoms. The quantitative estimate of drug-likeness (QED) is 0.652. The molecule has 0 aliphatic rings. The van der Waals surface area contributed by atoms with Gasteiger partial charge in [-0.25, -0.2) is 4.79 Å². The molecule has 1 aromatic carbocycles. The van der Waals surface area contributed by atoms with Gasteiger partial charge in [0, 0.05) is 11.3 Å². The Labute approximate surface area is 122 Å². The van der Waals surface area contributed by atoms with Crippen LogP contribution in [0.3, 0.4) is 0 Å². The van der Waals surface area contributed by atoms with Crippen molar-refractivity contribution >= 4 is 23.5 Å². The number of hydrogen-bond acceptors (Lipinski definition) is 5. The first kappa shape index (κ1) is 16.6. The van der Waals surface area contributed by atoms with Gasteiger partial charge >= 0.3 is 5.97 Å². The number of benzene rings is 1. The normalized spacial score (nSPS) is 11.4. The summed E-state index contributed by atoms with van der Waals surface area (Å²) < 4.78 is 4.80. The van der Waals surface area contributed by atoms with Gasteiger partial charge in [0.1, 0.15) is 6.04 Å². The molecule has 0 aliphatic carbocycles. The Kier molecular flexibility index (Phi) is 6.35. The van der Waals surface area contributed by atoms with Crippen LogP contribution in [0.4, 0.5) is 5.69 Å². The number of nitrogens with two attached hydrogens (primary N) is 1. The lowest BCUT2D eigenvalue weighted by Gasteiger charge is -2.12. The lowest BCUT2D eigenvalue weighted by atomic mass is 10.2. The summed E-state index contributed by atoms with van der Waals surface area (Å²) in [7, 11) is 0. The maximum atomic E-state index is 11.9. The van der Waals surface area contributed by atoms with Crippen molar-refractivity contribution in [1.82, 2.24) is 5.32 Å². The van der Waals surface area contributed by atoms with Crippen LogP contribution >= 0.6 is 0 Å². The molecular weight excluding hydrogens is 274 g/mol. The van der Waals surface area contributed by atoms with Crippen molar-refractivity contribution in [2.24, 2.45) is 5.73 Å². The van der Waals surface area contributed by atoms with Crippen LogP contribution in [0.2, 0.25) is 0 Å². The third-order valence-electron chi connectivity index (χ3n) is 2.60. The van der Waals surface area contributed by atoms with Gasteiger partial charge in [-0.05, 0) is 38.1 Å². The van der Waals surface area contributed by atoms with Crippen molar-refractivity contribution in [3.63, 3.8) is 0 Å². The standard InChI is InChI=1S/C14H19N3O4/c1-3-21-14(20)9(2)16-13(19)10-4-6-11(7-5-10)17-12(18)8-15/h4-7,9H,3,8,15H2,1-2H3,(H,16,19)(H,17,18). The third kappa shape index (κ3) is 5.23. The molecule has 1 rings (SSSR count). The van der Waals surface area contributed by atoms with Crippen LogP contribution in [-0.2, 0) is 14.3 Å². The van der Waals surface area contributed by atoms with Gasteiger partial charge in [-0.3, -0.25) is 9.59 Å². The minimum Gasteiger partial charge on any atom is -0.464 e. The van der Waals surface area contributed by atoms with Crippen LogP contribution in [0.1, 0.15) is 24.2 Å². The Morgan fingerprint density at radius 3 is 2.38 bits per heavy atom. The zero-order valence-corrected chi connectivity index (χ0v) is 12.0. The van der Waals surface area contributed by atoms with E-state index >= 15 is 0 Å². The van der Waals surface area contributed by atoms with Crippen molar-refractivity contribution in [3.8, 4) is 0 Å². The molecule has 0 aliphatic heterocycles. The number of esters is 1. The van der Waals surface area contributed by atoms with E-state index in [1.807, 2.05) is 0 Å². The average molecular weight is 293 g/mol. The maximum Gasteiger partial charge on any atom is 0.328 e. The van der Waals surface area contributed by atoms with E-state index in [1.54, 1.807) is 38.1 Å². The molecular formula is C14H19N3O4. The summed E-state index contributed by atoms with van der Waals surface area (Å²) in [6, 6.07) is 5.52. The van der Waals surface area contributed by atoms with E-state index < -0.39 is 17.9 Å². The van der Waals surface area contributed by atoms with Crippen LogP contribution in [0.25, 0.3) is 0 Å². The van der Waals surface area contributed by atoms with E-state index in [4.69, 9.17) is 10.5 Å². The first-order valence-corrected chi connectivity index (χ1v) is 6.55. The van der Waals surface area contributed by atoms with Crippen molar-refractivity contribution < 1.29 is 19.1 Å². The Bertz CT molecular complexity index is 513. The molecule has 0 saturated heterocycles. The lowest BCUT2D eigenvalue weighted by molar-refractivity contribution is -0.144. The van der Waals surface area contributed by atoms with Crippen LogP contribution < -0.4 is 16.4 Å². The summed E-state index contributed by atoms with van der Waals surface area (Å²) in [5, 5.41) is 5.10. The molecule has 1 unspecified atom stereocenters. The average Bonchev–Trinajstić information content (AvgIpc) is 2.47. The Morgan fingerprint density at radius 1 is 1.24 bits per heavy atom. The Hall–Kier alpha value is -2.41. The minimum absolute atomic E-state index is 0.112. The number of amides is 2. The second kappa shape index (κ2) is 8.01. The predicted molar refractivity (Wildman–Crippen MR) is 77.7 cm³/mol. The lowest BCUT2D eigenvalue weighted by Crippen LogP contribution is -2.39. The van der Waals surface area contributed by atoms with E-state index in [2.05, 4.69) is 10.6 Å². The van der Waals surface area contributed by atoms with Gasteiger partial charge in [-0.15, -0.1) is 0 Å². The molecule has 0 bridgehead atoms. The molecule has 1 aromatic rings. The summed E-state index contributed by atoms with van der Waals surface area (Å²) in [5.41, 5.74) is 6.10. The number of hydrogen-bond donors (Lipinski definition) is 3. The second-order valence-electron chi connectivity index (χ2n) is 4.28. The first-order valence-electron chi connectivity index (χ1n) is 6.55. The summed E-state index contributed by atoms with van der Waals surface area (Å²) in [6.07, 6.45) is 0. The Morgan fingerprint density at radius 2 is 1.86 bits per heavy atom. The van der Waals surface area contributed by atoms with Gasteiger partial charge in [-0.1, -0.05) is 0 Å². The van der Waals surface area contributed by atoms with Gasteiger partial charge in [-0.2, -0.15) is 0 Å². The third-order valence-corrected chi connectivity index (χ3v) is 2.60. The highest BCUT2D eigenvalue weighted by Gasteiger charge is 2.17. The van der Waals surface area contributed by atoms with E-state index in [0.29, 0.717) is 11.3 Å². The number of ether oxygens (including phenoxy) is 1. The van der Waals surface area contributed by atoms with Crippen LogP contribution in [-0.4, -0.2) is 37.0 Å². The van der Waals surface area contributed by atoms with E-state index in [0.717, 1.165) is 0 Å². The van der Waals surface area contributed by atoms with Gasteiger partial charge in [0.2, 0.25) is 5.91 Å². The summed E-state index contributed by atoms with van der Waals surface area (Å²) >= 11 is 0. The zero-order valence-electron chi connectivity index (χ0n) is 12.0. The molecule has 0 aromatic heterocycles. The monoisotopic (exact) mass is 293 g/mol. The van der Waals surface area contributed by atoms with Crippen LogP contribution in [0, 0.1) is 0 Å². The topological polar surface area (TPSA) is 111 Å². The van der Waals surface area contributed by atoms with E-state index in [-0.39, 0.29) is 19.1 Å². The molecule has 0 radical (unpaired) electrons. The van der Waals surface area contributed by atoms with Crippen LogP contribution in [0.15, 0.2) is 24.3 Å². The molecule has 0 saturated carbocycles. The molecule has 2 amide bonds. The van der Waals surface area contributed by atoms with E-state index in [9.17, 15) is 14.4 Å². The van der Waals surface area contributed by atoms with Gasteiger partial charge in [0.15, 0.2) is 0 Å². The van der Waals surface area contributed by atoms with Gasteiger partial charge in [0.05, 0.1) is 13.2 Å². The first-order chi connectivity index (χ1) is 9.97. The highest BCUT2D eigenvalue weighted by Crippen LogP contribution is 2.09. The molecule has 0 fully saturated rings. The number of nitrogens with one attached hydrogen (secondary N) is 2. The van der Waals surface area contributed by atoms with Crippen LogP contribution in [0.5, 0.6) is 0 Å². The molecule has 0 spiro atoms. The zero-order chi connectivity index (χ0) is 15.8. The molecule has 114 valence electrons. The largest absolute Gasteiger partial charge is 0.464 e. The van der Waals surface area contributed by atoms with Crippen molar-refractivity contribution in [2.45, 2.75) is 19.9 Å². The van der Waals surface area contributed by atoms with Gasteiger partial charge < -0.3 is 21.1 Å². The second-order valence-corrected chi connectivity index (χ2v) is 4.28. The van der Waals surface area contributed by atoms with E-state index in [1.165, 1.54) is 0 Å².